The Balaban J connectivity index is 1.61. The molecule has 0 radical (unpaired) electrons. The minimum Gasteiger partial charge on any atom is -0.497 e. The zero-order valence-corrected chi connectivity index (χ0v) is 21.8. The lowest BCUT2D eigenvalue weighted by Gasteiger charge is -2.46. The first kappa shape index (κ1) is 25.2. The zero-order valence-electron chi connectivity index (χ0n) is 21.1. The van der Waals surface area contributed by atoms with Gasteiger partial charge in [-0.15, -0.1) is 0 Å². The number of hydrogen-bond acceptors (Lipinski definition) is 4. The van der Waals surface area contributed by atoms with E-state index in [-0.39, 0.29) is 17.9 Å². The Morgan fingerprint density at radius 1 is 0.946 bits per heavy atom. The van der Waals surface area contributed by atoms with Gasteiger partial charge in [0.25, 0.3) is 5.91 Å². The minimum absolute atomic E-state index is 0.0140. The van der Waals surface area contributed by atoms with Crippen LogP contribution in [0.5, 0.6) is 11.5 Å². The molecular formula is C30H31ClN2O4. The molecule has 0 unspecified atom stereocenters. The van der Waals surface area contributed by atoms with Gasteiger partial charge in [0.15, 0.2) is 0 Å². The van der Waals surface area contributed by atoms with Crippen LogP contribution in [0.25, 0.3) is 0 Å². The van der Waals surface area contributed by atoms with E-state index < -0.39 is 12.0 Å². The van der Waals surface area contributed by atoms with Crippen molar-refractivity contribution in [1.29, 1.82) is 0 Å². The maximum absolute atomic E-state index is 14.1. The molecule has 1 fully saturated rings. The average Bonchev–Trinajstić information content (AvgIpc) is 2.93. The number of hydrogen-bond donors (Lipinski definition) is 1. The number of rotatable bonds is 6. The van der Waals surface area contributed by atoms with Crippen molar-refractivity contribution in [3.63, 3.8) is 0 Å². The Kier molecular flexibility index (Phi) is 7.38. The highest BCUT2D eigenvalue weighted by molar-refractivity contribution is 6.32. The van der Waals surface area contributed by atoms with E-state index in [1.165, 1.54) is 6.42 Å². The Hall–Kier alpha value is -3.51. The normalized spacial score (nSPS) is 19.8. The van der Waals surface area contributed by atoms with Gasteiger partial charge in [-0.05, 0) is 60.4 Å². The second kappa shape index (κ2) is 10.9. The van der Waals surface area contributed by atoms with E-state index in [0.29, 0.717) is 22.0 Å². The van der Waals surface area contributed by atoms with E-state index in [9.17, 15) is 9.59 Å². The third-order valence-corrected chi connectivity index (χ3v) is 7.80. The largest absolute Gasteiger partial charge is 0.497 e. The Morgan fingerprint density at radius 2 is 1.68 bits per heavy atom. The number of anilines is 1. The summed E-state index contributed by atoms with van der Waals surface area (Å²) < 4.78 is 10.6. The summed E-state index contributed by atoms with van der Waals surface area (Å²) in [6, 6.07) is 20.0. The van der Waals surface area contributed by atoms with E-state index in [1.54, 1.807) is 32.4 Å². The fraction of sp³-hybridized carbons (Fsp3) is 0.333. The molecule has 0 spiro atoms. The van der Waals surface area contributed by atoms with Crippen molar-refractivity contribution < 1.29 is 19.1 Å². The van der Waals surface area contributed by atoms with Crippen LogP contribution in [0.15, 0.2) is 66.7 Å². The van der Waals surface area contributed by atoms with E-state index in [1.807, 2.05) is 53.4 Å². The lowest BCUT2D eigenvalue weighted by atomic mass is 9.77. The summed E-state index contributed by atoms with van der Waals surface area (Å²) in [6.07, 6.45) is 5.19. The molecule has 37 heavy (non-hydrogen) atoms. The summed E-state index contributed by atoms with van der Waals surface area (Å²) >= 11 is 6.34. The van der Waals surface area contributed by atoms with Gasteiger partial charge in [-0.25, -0.2) is 0 Å². The number of benzene rings is 3. The molecular weight excluding hydrogens is 488 g/mol. The summed E-state index contributed by atoms with van der Waals surface area (Å²) in [6.45, 7) is 0. The smallest absolute Gasteiger partial charge is 0.254 e. The van der Waals surface area contributed by atoms with Gasteiger partial charge >= 0.3 is 0 Å². The monoisotopic (exact) mass is 518 g/mol. The molecule has 5 rings (SSSR count). The number of fused-ring (bicyclic) bond motifs is 1. The molecule has 0 bridgehead atoms. The maximum Gasteiger partial charge on any atom is 0.254 e. The summed E-state index contributed by atoms with van der Waals surface area (Å²) in [5.41, 5.74) is 2.80. The van der Waals surface area contributed by atoms with Crippen molar-refractivity contribution >= 4 is 29.1 Å². The van der Waals surface area contributed by atoms with Crippen molar-refractivity contribution in [2.45, 2.75) is 50.1 Å². The predicted molar refractivity (Wildman–Crippen MR) is 145 cm³/mol. The van der Waals surface area contributed by atoms with Gasteiger partial charge in [-0.1, -0.05) is 61.2 Å². The molecule has 7 heteroatoms. The summed E-state index contributed by atoms with van der Waals surface area (Å²) in [7, 11) is 3.18. The molecule has 0 aromatic heterocycles. The lowest BCUT2D eigenvalue weighted by molar-refractivity contribution is -0.119. The first-order valence-corrected chi connectivity index (χ1v) is 13.1. The molecule has 0 saturated heterocycles. The summed E-state index contributed by atoms with van der Waals surface area (Å²) in [5.74, 6) is 0.449. The van der Waals surface area contributed by atoms with Gasteiger partial charge in [-0.3, -0.25) is 9.59 Å². The van der Waals surface area contributed by atoms with Crippen molar-refractivity contribution in [3.05, 3.63) is 88.4 Å². The number of ether oxygens (including phenoxy) is 2. The molecule has 3 aromatic rings. The van der Waals surface area contributed by atoms with Crippen LogP contribution >= 0.6 is 11.6 Å². The lowest BCUT2D eigenvalue weighted by Crippen LogP contribution is -2.51. The number of carbonyl (C=O) groups is 2. The van der Waals surface area contributed by atoms with Crippen LogP contribution in [0, 0.1) is 0 Å². The van der Waals surface area contributed by atoms with Gasteiger partial charge in [0.05, 0.1) is 31.2 Å². The van der Waals surface area contributed by atoms with Crippen LogP contribution in [0.1, 0.15) is 65.5 Å². The number of nitrogens with one attached hydrogen (secondary N) is 1. The number of halogens is 1. The van der Waals surface area contributed by atoms with Crippen LogP contribution in [0.3, 0.4) is 0 Å². The Morgan fingerprint density at radius 3 is 2.35 bits per heavy atom. The quantitative estimate of drug-likeness (QED) is 0.398. The van der Waals surface area contributed by atoms with Crippen molar-refractivity contribution in [2.75, 3.05) is 19.5 Å². The molecule has 3 aromatic carbocycles. The van der Waals surface area contributed by atoms with Crippen LogP contribution in [0.2, 0.25) is 5.02 Å². The van der Waals surface area contributed by atoms with Crippen molar-refractivity contribution in [3.8, 4) is 11.5 Å². The number of carbonyl (C=O) groups excluding carboxylic acids is 2. The van der Waals surface area contributed by atoms with E-state index in [2.05, 4.69) is 5.32 Å². The summed E-state index contributed by atoms with van der Waals surface area (Å²) in [4.78, 5) is 30.1. The Labute approximate surface area is 222 Å². The molecule has 1 heterocycles. The second-order valence-corrected chi connectivity index (χ2v) is 10.0. The standard InChI is InChI=1S/C30H31ClN2O4/c1-36-22-15-12-19(13-16-22)28-27(29(34)32-20-14-17-26(37-2)25(31)18-20)23-10-6-7-11-24(23)30(35)33(28)21-8-4-3-5-9-21/h6-7,10-18,21,27-28H,3-5,8-9H2,1-2H3,(H,32,34)/t27-,28+/m0/s1. The first-order valence-electron chi connectivity index (χ1n) is 12.7. The van der Waals surface area contributed by atoms with E-state index >= 15 is 0 Å². The molecule has 192 valence electrons. The molecule has 1 saturated carbocycles. The third kappa shape index (κ3) is 4.90. The van der Waals surface area contributed by atoms with E-state index in [0.717, 1.165) is 42.6 Å². The Bertz CT molecular complexity index is 1290. The van der Waals surface area contributed by atoms with Crippen LogP contribution < -0.4 is 14.8 Å². The predicted octanol–water partition coefficient (Wildman–Crippen LogP) is 6.61. The highest BCUT2D eigenvalue weighted by atomic mass is 35.5. The number of amides is 2. The number of methoxy groups -OCH3 is 2. The molecule has 1 aliphatic carbocycles. The molecule has 6 nitrogen and oxygen atoms in total. The van der Waals surface area contributed by atoms with Gasteiger partial charge in [-0.2, -0.15) is 0 Å². The van der Waals surface area contributed by atoms with Crippen LogP contribution in [0.4, 0.5) is 5.69 Å². The SMILES string of the molecule is COc1ccc([C@@H]2[C@@H](C(=O)Nc3ccc(OC)c(Cl)c3)c3ccccc3C(=O)N2C2CCCCC2)cc1. The number of nitrogens with zero attached hydrogens (tertiary/aromatic N) is 1. The minimum atomic E-state index is -0.606. The topological polar surface area (TPSA) is 67.9 Å². The maximum atomic E-state index is 14.1. The van der Waals surface area contributed by atoms with Gasteiger partial charge in [0.2, 0.25) is 5.91 Å². The summed E-state index contributed by atoms with van der Waals surface area (Å²) in [5, 5.41) is 3.48. The van der Waals surface area contributed by atoms with Crippen molar-refractivity contribution in [1.82, 2.24) is 4.90 Å². The van der Waals surface area contributed by atoms with Gasteiger partial charge in [0, 0.05) is 17.3 Å². The van der Waals surface area contributed by atoms with Crippen molar-refractivity contribution in [2.24, 2.45) is 0 Å². The van der Waals surface area contributed by atoms with Gasteiger partial charge in [0.1, 0.15) is 11.5 Å². The first-order chi connectivity index (χ1) is 18.0. The molecule has 1 N–H and O–H groups in total. The fourth-order valence-electron chi connectivity index (χ4n) is 5.71. The van der Waals surface area contributed by atoms with Gasteiger partial charge < -0.3 is 19.7 Å². The van der Waals surface area contributed by atoms with E-state index in [4.69, 9.17) is 21.1 Å². The molecule has 2 aliphatic rings. The average molecular weight is 519 g/mol. The third-order valence-electron chi connectivity index (χ3n) is 7.50. The molecule has 2 atom stereocenters. The molecule has 1 aliphatic heterocycles. The highest BCUT2D eigenvalue weighted by Crippen LogP contribution is 2.46. The fourth-order valence-corrected chi connectivity index (χ4v) is 5.97. The zero-order chi connectivity index (χ0) is 25.9. The van der Waals surface area contributed by atoms with Crippen LogP contribution in [-0.2, 0) is 4.79 Å². The molecule has 2 amide bonds. The van der Waals surface area contributed by atoms with Crippen LogP contribution in [-0.4, -0.2) is 37.0 Å². The second-order valence-electron chi connectivity index (χ2n) is 9.63. The highest BCUT2D eigenvalue weighted by Gasteiger charge is 2.46.